The predicted molar refractivity (Wildman–Crippen MR) is 72.1 cm³/mol. The van der Waals surface area contributed by atoms with E-state index in [4.69, 9.17) is 4.74 Å². The van der Waals surface area contributed by atoms with Crippen LogP contribution in [0.5, 0.6) is 5.75 Å². The Hall–Kier alpha value is -1.62. The fourth-order valence-electron chi connectivity index (χ4n) is 1.86. The molecule has 0 unspecified atom stereocenters. The lowest BCUT2D eigenvalue weighted by molar-refractivity contribution is -0.597. The van der Waals surface area contributed by atoms with E-state index in [0.29, 0.717) is 0 Å². The van der Waals surface area contributed by atoms with E-state index in [2.05, 4.69) is 35.3 Å². The second-order valence-corrected chi connectivity index (χ2v) is 7.13. The summed E-state index contributed by atoms with van der Waals surface area (Å²) >= 11 is -0.182. The normalized spacial score (nSPS) is 10.6. The summed E-state index contributed by atoms with van der Waals surface area (Å²) in [6.45, 7) is 0. The van der Waals surface area contributed by atoms with Gasteiger partial charge < -0.3 is 4.74 Å². The average molecular weight is 362 g/mol. The summed E-state index contributed by atoms with van der Waals surface area (Å²) in [4.78, 5) is 4.51. The van der Waals surface area contributed by atoms with Crippen molar-refractivity contribution >= 4 is 10.9 Å². The molecule has 3 rings (SSSR count). The Morgan fingerprint density at radius 3 is 2.53 bits per heavy atom. The third kappa shape index (κ3) is 2.87. The molecule has 3 aromatic rings. The number of hydrogen-bond donors (Lipinski definition) is 0. The Balaban J connectivity index is 1.87. The Morgan fingerprint density at radius 1 is 0.947 bits per heavy atom. The zero-order valence-corrected chi connectivity index (χ0v) is 12.7. The van der Waals surface area contributed by atoms with Gasteiger partial charge in [-0.25, -0.2) is 0 Å². The highest BCUT2D eigenvalue weighted by atomic mass is 127. The Morgan fingerprint density at radius 2 is 1.74 bits per heavy atom. The van der Waals surface area contributed by atoms with Crippen molar-refractivity contribution in [2.45, 2.75) is 0 Å². The summed E-state index contributed by atoms with van der Waals surface area (Å²) in [7, 11) is 1.69. The van der Waals surface area contributed by atoms with Gasteiger partial charge in [-0.3, -0.25) is 4.98 Å². The molecule has 0 N–H and O–H groups in total. The van der Waals surface area contributed by atoms with Crippen LogP contribution in [-0.2, 0) is 0 Å². The minimum Gasteiger partial charge on any atom is -0.497 e. The van der Waals surface area contributed by atoms with Crippen molar-refractivity contribution < 1.29 is 25.9 Å². The number of aromatic nitrogens is 1. The maximum atomic E-state index is 5.18. The second kappa shape index (κ2) is 5.57. The van der Waals surface area contributed by atoms with Crippen LogP contribution in [0, 0.1) is 7.14 Å². The van der Waals surface area contributed by atoms with Crippen LogP contribution in [-0.4, -0.2) is 12.1 Å². The van der Waals surface area contributed by atoms with Gasteiger partial charge in [0.2, 0.25) is 3.57 Å². The first-order valence-corrected chi connectivity index (χ1v) is 8.14. The number of ether oxygens (including phenoxy) is 1. The third-order valence-corrected chi connectivity index (χ3v) is 5.38. The maximum absolute atomic E-state index is 5.18. The van der Waals surface area contributed by atoms with Crippen molar-refractivity contribution in [3.05, 3.63) is 67.9 Å². The summed E-state index contributed by atoms with van der Waals surface area (Å²) in [6.07, 6.45) is 2.00. The van der Waals surface area contributed by atoms with Gasteiger partial charge in [0.15, 0.2) is 3.57 Å². The van der Waals surface area contributed by atoms with Crippen molar-refractivity contribution in [2.75, 3.05) is 7.11 Å². The Kier molecular flexibility index (Phi) is 3.64. The molecule has 2 aromatic carbocycles. The van der Waals surface area contributed by atoms with E-state index in [0.717, 1.165) is 11.3 Å². The van der Waals surface area contributed by atoms with Gasteiger partial charge in [-0.1, -0.05) is 18.2 Å². The maximum Gasteiger partial charge on any atom is 0.359 e. The Labute approximate surface area is 122 Å². The highest BCUT2D eigenvalue weighted by Crippen LogP contribution is 2.09. The number of hydrogen-bond acceptors (Lipinski definition) is 2. The number of pyridine rings is 1. The zero-order valence-electron chi connectivity index (χ0n) is 10.5. The lowest BCUT2D eigenvalue weighted by Gasteiger charge is -1.96. The van der Waals surface area contributed by atoms with Gasteiger partial charge in [0.1, 0.15) is 5.75 Å². The SMILES string of the molecule is COc1ccc([I+]c2cnc3ccccc3c2)cc1. The van der Waals surface area contributed by atoms with E-state index in [1.807, 2.05) is 30.5 Å². The summed E-state index contributed by atoms with van der Waals surface area (Å²) in [5.74, 6) is 0.907. The lowest BCUT2D eigenvalue weighted by atomic mass is 10.2. The first-order valence-electron chi connectivity index (χ1n) is 5.99. The molecule has 2 nitrogen and oxygen atoms in total. The molecule has 0 amide bonds. The van der Waals surface area contributed by atoms with E-state index < -0.39 is 0 Å². The van der Waals surface area contributed by atoms with Crippen LogP contribution in [0.3, 0.4) is 0 Å². The van der Waals surface area contributed by atoms with Gasteiger partial charge >= 0.3 is 21.2 Å². The first-order chi connectivity index (χ1) is 9.35. The van der Waals surface area contributed by atoms with E-state index in [9.17, 15) is 0 Å². The van der Waals surface area contributed by atoms with Gasteiger partial charge in [0.05, 0.1) is 18.8 Å². The number of nitrogens with zero attached hydrogens (tertiary/aromatic N) is 1. The molecule has 1 aromatic heterocycles. The van der Waals surface area contributed by atoms with Crippen LogP contribution in [0.25, 0.3) is 10.9 Å². The monoisotopic (exact) mass is 362 g/mol. The molecular weight excluding hydrogens is 349 g/mol. The molecular formula is C16H13INO+. The van der Waals surface area contributed by atoms with E-state index >= 15 is 0 Å². The third-order valence-electron chi connectivity index (χ3n) is 2.82. The van der Waals surface area contributed by atoms with Crippen molar-refractivity contribution in [3.8, 4) is 5.75 Å². The highest BCUT2D eigenvalue weighted by molar-refractivity contribution is 5.77. The van der Waals surface area contributed by atoms with Crippen LogP contribution in [0.1, 0.15) is 0 Å². The van der Waals surface area contributed by atoms with Crippen LogP contribution in [0.15, 0.2) is 60.8 Å². The van der Waals surface area contributed by atoms with Crippen LogP contribution in [0.2, 0.25) is 0 Å². The lowest BCUT2D eigenvalue weighted by Crippen LogP contribution is -3.61. The molecule has 0 saturated heterocycles. The number of para-hydroxylation sites is 1. The highest BCUT2D eigenvalue weighted by Gasteiger charge is 2.16. The largest absolute Gasteiger partial charge is 0.497 e. The smallest absolute Gasteiger partial charge is 0.359 e. The summed E-state index contributed by atoms with van der Waals surface area (Å²) in [6, 6.07) is 18.8. The van der Waals surface area contributed by atoms with Crippen molar-refractivity contribution in [2.24, 2.45) is 0 Å². The van der Waals surface area contributed by atoms with Gasteiger partial charge in [-0.2, -0.15) is 0 Å². The molecule has 94 valence electrons. The average Bonchev–Trinajstić information content (AvgIpc) is 2.48. The van der Waals surface area contributed by atoms with Crippen LogP contribution >= 0.6 is 0 Å². The molecule has 0 aliphatic carbocycles. The van der Waals surface area contributed by atoms with Crippen LogP contribution in [0.4, 0.5) is 0 Å². The molecule has 3 heteroatoms. The standard InChI is InChI=1S/C16H13INO/c1-19-15-8-6-13(7-9-15)17-14-10-12-4-2-3-5-16(12)18-11-14/h2-11H,1H3/q+1. The molecule has 0 radical (unpaired) electrons. The molecule has 0 aliphatic rings. The second-order valence-electron chi connectivity index (χ2n) is 4.10. The molecule has 0 atom stereocenters. The summed E-state index contributed by atoms with van der Waals surface area (Å²) in [5.41, 5.74) is 1.06. The van der Waals surface area contributed by atoms with E-state index in [-0.39, 0.29) is 21.2 Å². The van der Waals surface area contributed by atoms with E-state index in [1.54, 1.807) is 7.11 Å². The molecule has 1 heterocycles. The first kappa shape index (κ1) is 12.4. The summed E-state index contributed by atoms with van der Waals surface area (Å²) < 4.78 is 7.88. The number of rotatable bonds is 3. The zero-order chi connectivity index (χ0) is 13.1. The predicted octanol–water partition coefficient (Wildman–Crippen LogP) is 0.372. The minimum absolute atomic E-state index is 0.182. The molecule has 0 saturated carbocycles. The van der Waals surface area contributed by atoms with Gasteiger partial charge in [0, 0.05) is 11.5 Å². The van der Waals surface area contributed by atoms with Gasteiger partial charge in [-0.05, 0) is 30.3 Å². The van der Waals surface area contributed by atoms with Gasteiger partial charge in [-0.15, -0.1) is 0 Å². The summed E-state index contributed by atoms with van der Waals surface area (Å²) in [5, 5.41) is 1.22. The molecule has 19 heavy (non-hydrogen) atoms. The van der Waals surface area contributed by atoms with Crippen molar-refractivity contribution in [1.82, 2.24) is 4.98 Å². The molecule has 0 bridgehead atoms. The van der Waals surface area contributed by atoms with E-state index in [1.165, 1.54) is 12.5 Å². The molecule has 0 aliphatic heterocycles. The number of methoxy groups -OCH3 is 1. The minimum atomic E-state index is -0.182. The molecule has 0 fully saturated rings. The fraction of sp³-hybridized carbons (Fsp3) is 0.0625. The van der Waals surface area contributed by atoms with Crippen molar-refractivity contribution in [1.29, 1.82) is 0 Å². The number of benzene rings is 2. The van der Waals surface area contributed by atoms with Crippen molar-refractivity contribution in [3.63, 3.8) is 0 Å². The number of halogens is 1. The topological polar surface area (TPSA) is 22.1 Å². The van der Waals surface area contributed by atoms with Gasteiger partial charge in [0.25, 0.3) is 0 Å². The fourth-order valence-corrected chi connectivity index (χ4v) is 4.06. The molecule has 0 spiro atoms. The van der Waals surface area contributed by atoms with Crippen LogP contribution < -0.4 is 25.9 Å². The quantitative estimate of drug-likeness (QED) is 0.629. The number of fused-ring (bicyclic) bond motifs is 1. The Bertz CT molecular complexity index is 694.